The Morgan fingerprint density at radius 2 is 1.86 bits per heavy atom. The van der Waals surface area contributed by atoms with Crippen LogP contribution in [0.4, 0.5) is 10.1 Å². The van der Waals surface area contributed by atoms with Crippen LogP contribution in [0.3, 0.4) is 0 Å². The molecule has 28 heavy (non-hydrogen) atoms. The summed E-state index contributed by atoms with van der Waals surface area (Å²) >= 11 is 1.24. The second kappa shape index (κ2) is 9.91. The van der Waals surface area contributed by atoms with Crippen molar-refractivity contribution in [2.45, 2.75) is 25.7 Å². The zero-order valence-electron chi connectivity index (χ0n) is 15.8. The van der Waals surface area contributed by atoms with Crippen molar-refractivity contribution in [2.24, 2.45) is 11.8 Å². The molecule has 8 heteroatoms. The van der Waals surface area contributed by atoms with Crippen molar-refractivity contribution in [2.75, 3.05) is 36.5 Å². The highest BCUT2D eigenvalue weighted by atomic mass is 32.2. The topological polar surface area (TPSA) is 78.5 Å². The minimum Gasteiger partial charge on any atom is -0.356 e. The number of amides is 3. The molecule has 0 bridgehead atoms. The van der Waals surface area contributed by atoms with Crippen LogP contribution in [0, 0.1) is 17.7 Å². The molecule has 3 rings (SSSR count). The third-order valence-corrected chi connectivity index (χ3v) is 5.91. The Morgan fingerprint density at radius 1 is 1.11 bits per heavy atom. The lowest BCUT2D eigenvalue weighted by atomic mass is 9.97. The van der Waals surface area contributed by atoms with Crippen LogP contribution in [-0.2, 0) is 14.4 Å². The average molecular weight is 408 g/mol. The van der Waals surface area contributed by atoms with E-state index in [0.717, 1.165) is 19.4 Å². The molecule has 1 aromatic rings. The highest BCUT2D eigenvalue weighted by molar-refractivity contribution is 8.00. The molecule has 1 atom stereocenters. The smallest absolute Gasteiger partial charge is 0.234 e. The number of hydrogen-bond donors (Lipinski definition) is 2. The normalized spacial score (nSPS) is 19.2. The number of piperidine rings is 1. The van der Waals surface area contributed by atoms with E-state index in [1.165, 1.54) is 48.9 Å². The molecular weight excluding hydrogens is 381 g/mol. The Balaban J connectivity index is 1.35. The monoisotopic (exact) mass is 407 g/mol. The van der Waals surface area contributed by atoms with E-state index in [4.69, 9.17) is 0 Å². The molecule has 0 radical (unpaired) electrons. The summed E-state index contributed by atoms with van der Waals surface area (Å²) in [5.74, 6) is 0.260. The Hall–Kier alpha value is -2.09. The van der Waals surface area contributed by atoms with E-state index in [2.05, 4.69) is 10.6 Å². The molecule has 2 fully saturated rings. The van der Waals surface area contributed by atoms with Gasteiger partial charge in [-0.15, -0.1) is 11.8 Å². The average Bonchev–Trinajstić information content (AvgIpc) is 3.52. The molecule has 1 saturated carbocycles. The lowest BCUT2D eigenvalue weighted by molar-refractivity contribution is -0.133. The standard InChI is InChI=1S/C20H26FN3O3S/c21-16-5-7-17(8-6-16)23-18(25)12-28-13-19(26)24-9-1-2-15(11-24)20(27)22-10-14-3-4-14/h5-8,14-15H,1-4,9-13H2,(H,22,27)(H,23,25). The first-order valence-electron chi connectivity index (χ1n) is 9.70. The number of carbonyl (C=O) groups is 3. The fraction of sp³-hybridized carbons (Fsp3) is 0.550. The van der Waals surface area contributed by atoms with Gasteiger partial charge in [-0.1, -0.05) is 0 Å². The summed E-state index contributed by atoms with van der Waals surface area (Å²) < 4.78 is 12.9. The SMILES string of the molecule is O=C(CSCC(=O)N1CCCC(C(=O)NCC2CC2)C1)Nc1ccc(F)cc1. The van der Waals surface area contributed by atoms with Crippen LogP contribution in [0.1, 0.15) is 25.7 Å². The molecule has 152 valence electrons. The van der Waals surface area contributed by atoms with Crippen molar-refractivity contribution < 1.29 is 18.8 Å². The van der Waals surface area contributed by atoms with E-state index in [0.29, 0.717) is 24.7 Å². The number of benzene rings is 1. The molecular formula is C20H26FN3O3S. The lowest BCUT2D eigenvalue weighted by Crippen LogP contribution is -2.46. The van der Waals surface area contributed by atoms with Gasteiger partial charge in [0, 0.05) is 25.3 Å². The lowest BCUT2D eigenvalue weighted by Gasteiger charge is -2.32. The predicted octanol–water partition coefficient (Wildman–Crippen LogP) is 2.26. The van der Waals surface area contributed by atoms with Crippen LogP contribution in [0.25, 0.3) is 0 Å². The molecule has 2 N–H and O–H groups in total. The maximum Gasteiger partial charge on any atom is 0.234 e. The summed E-state index contributed by atoms with van der Waals surface area (Å²) in [5.41, 5.74) is 0.523. The zero-order chi connectivity index (χ0) is 19.9. The quantitative estimate of drug-likeness (QED) is 0.693. The van der Waals surface area contributed by atoms with Gasteiger partial charge in [-0.25, -0.2) is 4.39 Å². The fourth-order valence-electron chi connectivity index (χ4n) is 3.18. The number of thioether (sulfide) groups is 1. The minimum absolute atomic E-state index is 0.0423. The van der Waals surface area contributed by atoms with Gasteiger partial charge in [-0.3, -0.25) is 14.4 Å². The first kappa shape index (κ1) is 20.6. The molecule has 2 aliphatic rings. The third-order valence-electron chi connectivity index (χ3n) is 4.99. The highest BCUT2D eigenvalue weighted by Gasteiger charge is 2.29. The molecule has 1 aromatic carbocycles. The van der Waals surface area contributed by atoms with Gasteiger partial charge in [-0.2, -0.15) is 0 Å². The number of nitrogens with one attached hydrogen (secondary N) is 2. The maximum absolute atomic E-state index is 12.9. The number of hydrogen-bond acceptors (Lipinski definition) is 4. The van der Waals surface area contributed by atoms with Gasteiger partial charge in [-0.05, 0) is 55.9 Å². The summed E-state index contributed by atoms with van der Waals surface area (Å²) in [7, 11) is 0. The van der Waals surface area contributed by atoms with E-state index >= 15 is 0 Å². The molecule has 0 spiro atoms. The molecule has 1 saturated heterocycles. The van der Waals surface area contributed by atoms with E-state index in [-0.39, 0.29) is 41.0 Å². The zero-order valence-corrected chi connectivity index (χ0v) is 16.6. The largest absolute Gasteiger partial charge is 0.356 e. The van der Waals surface area contributed by atoms with Crippen molar-refractivity contribution in [3.05, 3.63) is 30.1 Å². The van der Waals surface area contributed by atoms with E-state index in [1.54, 1.807) is 4.90 Å². The number of carbonyl (C=O) groups excluding carboxylic acids is 3. The summed E-state index contributed by atoms with van der Waals surface area (Å²) in [6, 6.07) is 5.54. The summed E-state index contributed by atoms with van der Waals surface area (Å²) in [6.07, 6.45) is 4.03. The second-order valence-electron chi connectivity index (χ2n) is 7.42. The van der Waals surface area contributed by atoms with E-state index in [9.17, 15) is 18.8 Å². The molecule has 6 nitrogen and oxygen atoms in total. The summed E-state index contributed by atoms with van der Waals surface area (Å²) in [6.45, 7) is 1.87. The van der Waals surface area contributed by atoms with Crippen molar-refractivity contribution in [1.29, 1.82) is 0 Å². The first-order chi connectivity index (χ1) is 13.5. The van der Waals surface area contributed by atoms with Crippen LogP contribution in [0.15, 0.2) is 24.3 Å². The number of nitrogens with zero attached hydrogens (tertiary/aromatic N) is 1. The molecule has 3 amide bonds. The first-order valence-corrected chi connectivity index (χ1v) is 10.9. The molecule has 0 aromatic heterocycles. The van der Waals surface area contributed by atoms with Crippen molar-refractivity contribution in [3.63, 3.8) is 0 Å². The van der Waals surface area contributed by atoms with Crippen LogP contribution >= 0.6 is 11.8 Å². The highest BCUT2D eigenvalue weighted by Crippen LogP contribution is 2.28. The number of likely N-dealkylation sites (tertiary alicyclic amines) is 1. The van der Waals surface area contributed by atoms with Crippen molar-refractivity contribution in [1.82, 2.24) is 10.2 Å². The Labute approximate surface area is 168 Å². The minimum atomic E-state index is -0.362. The summed E-state index contributed by atoms with van der Waals surface area (Å²) in [4.78, 5) is 38.3. The van der Waals surface area contributed by atoms with Gasteiger partial charge >= 0.3 is 0 Å². The molecule has 1 aliphatic heterocycles. The Bertz CT molecular complexity index is 709. The Kier molecular flexibility index (Phi) is 7.30. The van der Waals surface area contributed by atoms with Gasteiger partial charge in [0.2, 0.25) is 17.7 Å². The number of halogens is 1. The van der Waals surface area contributed by atoms with Gasteiger partial charge in [0.05, 0.1) is 17.4 Å². The van der Waals surface area contributed by atoms with Crippen LogP contribution < -0.4 is 10.6 Å². The van der Waals surface area contributed by atoms with Gasteiger partial charge in [0.1, 0.15) is 5.82 Å². The van der Waals surface area contributed by atoms with E-state index in [1.807, 2.05) is 0 Å². The maximum atomic E-state index is 12.9. The Morgan fingerprint density at radius 3 is 2.57 bits per heavy atom. The van der Waals surface area contributed by atoms with Crippen LogP contribution in [-0.4, -0.2) is 53.8 Å². The van der Waals surface area contributed by atoms with E-state index < -0.39 is 0 Å². The predicted molar refractivity (Wildman–Crippen MR) is 107 cm³/mol. The molecule has 1 aliphatic carbocycles. The van der Waals surface area contributed by atoms with Crippen LogP contribution in [0.2, 0.25) is 0 Å². The van der Waals surface area contributed by atoms with Crippen LogP contribution in [0.5, 0.6) is 0 Å². The van der Waals surface area contributed by atoms with Crippen molar-refractivity contribution in [3.8, 4) is 0 Å². The molecule has 1 heterocycles. The number of rotatable bonds is 8. The van der Waals surface area contributed by atoms with Gasteiger partial charge in [0.15, 0.2) is 0 Å². The second-order valence-corrected chi connectivity index (χ2v) is 8.40. The van der Waals surface area contributed by atoms with Crippen molar-refractivity contribution >= 4 is 35.2 Å². The number of anilines is 1. The van der Waals surface area contributed by atoms with Gasteiger partial charge < -0.3 is 15.5 Å². The molecule has 1 unspecified atom stereocenters. The third kappa shape index (κ3) is 6.51. The van der Waals surface area contributed by atoms with Gasteiger partial charge in [0.25, 0.3) is 0 Å². The fourth-order valence-corrected chi connectivity index (χ4v) is 3.90. The summed E-state index contributed by atoms with van der Waals surface area (Å²) in [5, 5.41) is 5.67.